The summed E-state index contributed by atoms with van der Waals surface area (Å²) in [5.41, 5.74) is 6.21. The molecule has 25 atom stereocenters. The molecule has 10 saturated carbocycles. The number of halogens is 2. The molecule has 0 aromatic carbocycles. The lowest BCUT2D eigenvalue weighted by Gasteiger charge is -2.56. The van der Waals surface area contributed by atoms with E-state index < -0.39 is 0 Å². The Morgan fingerprint density at radius 3 is 1.28 bits per heavy atom. The molecular weight excluding hydrogens is 1820 g/mol. The molecular formula is C118H190Br2O15. The van der Waals surface area contributed by atoms with Crippen LogP contribution in [0.15, 0.2) is 70.6 Å². The van der Waals surface area contributed by atoms with Crippen LogP contribution in [-0.2, 0) is 52.5 Å². The van der Waals surface area contributed by atoms with Gasteiger partial charge in [0.25, 0.3) is 0 Å². The van der Waals surface area contributed by atoms with Gasteiger partial charge in [0.05, 0.1) is 6.10 Å². The number of rotatable bonds is 37. The lowest BCUT2D eigenvalue weighted by atomic mass is 9.49. The fraction of sp³-hybridized carbons (Fsp3) is 0.839. The summed E-state index contributed by atoms with van der Waals surface area (Å²) in [4.78, 5) is 81.6. The van der Waals surface area contributed by atoms with Gasteiger partial charge in [-0.05, 0) is 334 Å². The first-order valence-corrected chi connectivity index (χ1v) is 58.5. The molecule has 17 heteroatoms. The smallest absolute Gasteiger partial charge is 0.307 e. The summed E-state index contributed by atoms with van der Waals surface area (Å²) in [5.74, 6) is 12.9. The van der Waals surface area contributed by atoms with Crippen molar-refractivity contribution in [1.29, 1.82) is 0 Å². The number of aliphatic hydroxyl groups excluding tert-OH is 4. The molecule has 15 nitrogen and oxygen atoms in total. The minimum absolute atomic E-state index is 0.0710. The van der Waals surface area contributed by atoms with Crippen molar-refractivity contribution in [3.63, 3.8) is 0 Å². The van der Waals surface area contributed by atoms with Gasteiger partial charge in [0, 0.05) is 100 Å². The van der Waals surface area contributed by atoms with Gasteiger partial charge >= 0.3 is 23.9 Å². The van der Waals surface area contributed by atoms with E-state index >= 15 is 0 Å². The molecule has 0 heterocycles. The first kappa shape index (κ1) is 113. The number of hydrogen-bond acceptors (Lipinski definition) is 15. The second-order valence-electron chi connectivity index (χ2n) is 46.2. The van der Waals surface area contributed by atoms with E-state index in [1.54, 1.807) is 6.92 Å². The molecule has 0 aliphatic heterocycles. The quantitative estimate of drug-likeness (QED) is 0.0196. The van der Waals surface area contributed by atoms with Crippen LogP contribution in [0.1, 0.15) is 448 Å². The van der Waals surface area contributed by atoms with Gasteiger partial charge in [0.2, 0.25) is 0 Å². The summed E-state index contributed by atoms with van der Waals surface area (Å²) >= 11 is 6.85. The number of allylic oxidation sites excluding steroid dienone is 10. The number of aliphatic hydroxyl groups is 4. The third-order valence-corrected chi connectivity index (χ3v) is 38.8. The molecule has 0 saturated heterocycles. The van der Waals surface area contributed by atoms with Crippen molar-refractivity contribution < 1.29 is 72.9 Å². The SMILES string of the molecule is CC(=O)OC1=CC2=CCC3C(CC[C@@]4(C)C3CC[C@@H]4OC(C)=O)C2CC1.CC(=O)O[C@H]1CCC2C3C=CC4=CC(=O)CCC4C3CC[C@@]21C.CCCCCCCCCCBr.CCCCCCCCCCC1CC2=CC(=O)CCC2C2CC[C@@]3(C)C(CC[C@@H]3OC(C)=O)C12.C[C@]12CCC3C4CCC(=O)C=C4CCC3C1CC[C@@H]2O.OCCCCCCCCCBr.OCCCCCCCCCO. The molecule has 135 heavy (non-hydrogen) atoms. The Balaban J connectivity index is 0.000000169. The Morgan fingerprint density at radius 2 is 0.770 bits per heavy atom. The van der Waals surface area contributed by atoms with E-state index in [0.717, 1.165) is 188 Å². The van der Waals surface area contributed by atoms with Gasteiger partial charge in [-0.15, -0.1) is 0 Å². The molecule has 0 bridgehead atoms. The van der Waals surface area contributed by atoms with Crippen LogP contribution < -0.4 is 0 Å². The predicted octanol–water partition coefficient (Wildman–Crippen LogP) is 29.0. The van der Waals surface area contributed by atoms with E-state index in [1.165, 1.54) is 280 Å². The first-order valence-electron chi connectivity index (χ1n) is 56.3. The number of ether oxygens (including phenoxy) is 4. The fourth-order valence-electron chi connectivity index (χ4n) is 30.7. The van der Waals surface area contributed by atoms with E-state index in [1.807, 2.05) is 12.2 Å². The topological polar surface area (TPSA) is 237 Å². The van der Waals surface area contributed by atoms with Gasteiger partial charge in [0.15, 0.2) is 17.3 Å². The lowest BCUT2D eigenvalue weighted by molar-refractivity contribution is -0.157. The Morgan fingerprint density at radius 1 is 0.370 bits per heavy atom. The van der Waals surface area contributed by atoms with Gasteiger partial charge in [-0.25, -0.2) is 0 Å². The summed E-state index contributed by atoms with van der Waals surface area (Å²) in [7, 11) is 0. The van der Waals surface area contributed by atoms with Crippen LogP contribution in [0, 0.1) is 122 Å². The molecule has 0 radical (unpaired) electrons. The van der Waals surface area contributed by atoms with Crippen LogP contribution in [-0.4, -0.2) is 117 Å². The highest BCUT2D eigenvalue weighted by molar-refractivity contribution is 9.09. The van der Waals surface area contributed by atoms with Crippen LogP contribution in [0.2, 0.25) is 0 Å². The average molecular weight is 2010 g/mol. The number of unbranched alkanes of at least 4 members (excludes halogenated alkanes) is 26. The standard InChI is InChI=1S/C30H48O3.C22H30O4.C20H26O3.C18H26O2.C10H21Br.C9H19BrO.C9H20O2/c1-4-5-6-7-8-9-10-11-12-22-19-23-20-24(32)13-14-25(23)26-17-18-30(3)27(29(22)26)15-16-28(30)33-21(2)31;1-13(23)25-16-5-7-17-15(12-16)4-6-19-18(17)10-11-22(3)20(19)8-9-21(22)26-14(2)24;1-12(21)23-19-8-7-18-17-5-3-13-11-14(22)4-6-15(13)16(17)9-10-20(18,19)2;1-18-9-8-14-13-5-3-12(19)10-11(13)2-4-15(14)16(18)6-7-17(18)20;1-2-3-4-5-6-7-8-9-10-11;2*10-8-6-4-2-1-3-5-7-9-11/h20,22,25-29H,4-19H2,1-3H3;4,12,17-21H,5-11H2,1-3H3;3,5,11,15-19H,4,6-10H2,1-2H3;10,13-17,20H,2-9H2,1H3;2-10H2,1H3;11H,1-9H2;10-11H,1-9H2/t22?,25?,26?,27?,28-,29?,30-;17?,18?,19?,20?,21-,22-;15?,16?,17?,18?,19-,20-;13?,14?,15?,16?,17-,18-;;;/m0000.../s1. The van der Waals surface area contributed by atoms with Crippen molar-refractivity contribution in [3.8, 4) is 0 Å². The summed E-state index contributed by atoms with van der Waals surface area (Å²) in [6.45, 7) is 21.1. The molecule has 0 aromatic rings. The van der Waals surface area contributed by atoms with Gasteiger partial charge < -0.3 is 39.4 Å². The van der Waals surface area contributed by atoms with Gasteiger partial charge in [-0.3, -0.25) is 33.6 Å². The Labute approximate surface area is 836 Å². The molecule has 0 spiro atoms. The maximum atomic E-state index is 12.2. The third kappa shape index (κ3) is 31.3. The van der Waals surface area contributed by atoms with Crippen LogP contribution in [0.25, 0.3) is 0 Å². The normalized spacial score (nSPS) is 34.9. The predicted molar refractivity (Wildman–Crippen MR) is 553 cm³/mol. The number of carbonyl (C=O) groups excluding carboxylic acids is 7. The fourth-order valence-corrected chi connectivity index (χ4v) is 31.5. The van der Waals surface area contributed by atoms with E-state index in [4.69, 9.17) is 34.3 Å². The number of ketones is 3. The minimum atomic E-state index is -0.222. The van der Waals surface area contributed by atoms with E-state index in [-0.39, 0.29) is 75.7 Å². The monoisotopic (exact) mass is 2010 g/mol. The van der Waals surface area contributed by atoms with Crippen LogP contribution >= 0.6 is 31.9 Å². The number of esters is 4. The molecule has 16 aliphatic carbocycles. The highest BCUT2D eigenvalue weighted by Crippen LogP contribution is 2.68. The van der Waals surface area contributed by atoms with Gasteiger partial charge in [-0.1, -0.05) is 263 Å². The molecule has 766 valence electrons. The average Bonchev–Trinajstić information content (AvgIpc) is 1.64. The summed E-state index contributed by atoms with van der Waals surface area (Å²) in [6.07, 6.45) is 86.0. The number of fused-ring (bicyclic) bond motifs is 20. The first-order chi connectivity index (χ1) is 65.1. The highest BCUT2D eigenvalue weighted by Gasteiger charge is 2.62. The maximum absolute atomic E-state index is 12.2. The zero-order valence-corrected chi connectivity index (χ0v) is 89.6. The van der Waals surface area contributed by atoms with Crippen molar-refractivity contribution >= 4 is 73.1 Å². The highest BCUT2D eigenvalue weighted by atomic mass is 79.9. The van der Waals surface area contributed by atoms with Crippen molar-refractivity contribution in [1.82, 2.24) is 0 Å². The van der Waals surface area contributed by atoms with E-state index in [2.05, 4.69) is 104 Å². The molecule has 17 unspecified atom stereocenters. The van der Waals surface area contributed by atoms with Crippen molar-refractivity contribution in [2.24, 2.45) is 122 Å². The Hall–Kier alpha value is -3.87. The van der Waals surface area contributed by atoms with Gasteiger partial charge in [0.1, 0.15) is 24.1 Å². The summed E-state index contributed by atoms with van der Waals surface area (Å²) in [5, 5.41) is 38.2. The molecule has 4 N–H and O–H groups in total. The zero-order valence-electron chi connectivity index (χ0n) is 86.5. The van der Waals surface area contributed by atoms with Crippen LogP contribution in [0.4, 0.5) is 0 Å². The van der Waals surface area contributed by atoms with E-state index in [0.29, 0.717) is 103 Å². The molecule has 10 fully saturated rings. The van der Waals surface area contributed by atoms with Crippen molar-refractivity contribution in [3.05, 3.63) is 70.6 Å². The molecule has 16 rings (SSSR count). The van der Waals surface area contributed by atoms with Crippen LogP contribution in [0.5, 0.6) is 0 Å². The number of carbonyl (C=O) groups is 7. The maximum Gasteiger partial charge on any atom is 0.307 e. The van der Waals surface area contributed by atoms with Crippen molar-refractivity contribution in [2.45, 2.75) is 472 Å². The lowest BCUT2D eigenvalue weighted by Crippen LogP contribution is -2.51. The van der Waals surface area contributed by atoms with Crippen LogP contribution in [0.3, 0.4) is 0 Å². The largest absolute Gasteiger partial charge is 0.462 e. The Kier molecular flexibility index (Phi) is 48.2. The van der Waals surface area contributed by atoms with Crippen molar-refractivity contribution in [2.75, 3.05) is 30.5 Å². The molecule has 16 aliphatic rings. The summed E-state index contributed by atoms with van der Waals surface area (Å²) < 4.78 is 22.6. The second kappa shape index (κ2) is 57.6. The zero-order chi connectivity index (χ0) is 97.1. The minimum Gasteiger partial charge on any atom is -0.462 e. The molecule has 0 aromatic heterocycles. The van der Waals surface area contributed by atoms with E-state index in [9.17, 15) is 38.7 Å². The second-order valence-corrected chi connectivity index (χ2v) is 47.8. The summed E-state index contributed by atoms with van der Waals surface area (Å²) in [6, 6.07) is 0. The number of hydrogen-bond donors (Lipinski definition) is 4. The third-order valence-electron chi connectivity index (χ3n) is 37.6. The van der Waals surface area contributed by atoms with Gasteiger partial charge in [-0.2, -0.15) is 0 Å². The molecule has 0 amide bonds. The Bertz CT molecular complexity index is 3790. The number of alkyl halides is 2.